The van der Waals surface area contributed by atoms with E-state index < -0.39 is 36.4 Å². The zero-order valence-electron chi connectivity index (χ0n) is 13.6. The molecule has 0 atom stereocenters. The molecule has 150 valence electrons. The Balaban J connectivity index is 1.94. The average molecular weight is 518 g/mol. The van der Waals surface area contributed by atoms with E-state index in [1.54, 1.807) is 22.6 Å². The van der Waals surface area contributed by atoms with Crippen LogP contribution in [-0.4, -0.2) is 37.0 Å². The Morgan fingerprint density at radius 2 is 1.82 bits per heavy atom. The predicted molar refractivity (Wildman–Crippen MR) is 91.6 cm³/mol. The van der Waals surface area contributed by atoms with E-state index in [4.69, 9.17) is 0 Å². The van der Waals surface area contributed by atoms with Crippen LogP contribution in [0.2, 0.25) is 0 Å². The summed E-state index contributed by atoms with van der Waals surface area (Å²) >= 11 is 1.60. The lowest BCUT2D eigenvalue weighted by Crippen LogP contribution is -2.21. The summed E-state index contributed by atoms with van der Waals surface area (Å²) in [5, 5.41) is 7.03. The molecule has 3 aromatic heterocycles. The Morgan fingerprint density at radius 1 is 1.07 bits per heavy atom. The van der Waals surface area contributed by atoms with E-state index in [1.807, 2.05) is 0 Å². The van der Waals surface area contributed by atoms with Crippen LogP contribution >= 0.6 is 22.6 Å². The third-order valence-electron chi connectivity index (χ3n) is 3.41. The van der Waals surface area contributed by atoms with Crippen molar-refractivity contribution in [2.75, 3.05) is 11.2 Å². The Bertz CT molecular complexity index is 994. The highest BCUT2D eigenvalue weighted by Gasteiger charge is 2.38. The molecule has 13 heteroatoms. The zero-order chi connectivity index (χ0) is 20.5. The van der Waals surface area contributed by atoms with Crippen molar-refractivity contribution >= 4 is 28.2 Å². The number of halogens is 7. The van der Waals surface area contributed by atoms with Gasteiger partial charge in [-0.15, -0.1) is 10.2 Å². The summed E-state index contributed by atoms with van der Waals surface area (Å²) in [7, 11) is 0. The smallest absolute Gasteiger partial charge is 0.422 e. The van der Waals surface area contributed by atoms with Gasteiger partial charge in [0, 0.05) is 23.5 Å². The van der Waals surface area contributed by atoms with Crippen molar-refractivity contribution in [3.63, 3.8) is 0 Å². The van der Waals surface area contributed by atoms with Crippen LogP contribution in [0.3, 0.4) is 0 Å². The number of fused-ring (bicyclic) bond motifs is 1. The molecule has 3 rings (SSSR count). The molecule has 0 fully saturated rings. The molecule has 28 heavy (non-hydrogen) atoms. The lowest BCUT2D eigenvalue weighted by molar-refractivity contribution is -0.240. The second-order valence-electron chi connectivity index (χ2n) is 5.35. The van der Waals surface area contributed by atoms with Gasteiger partial charge in [0.25, 0.3) is 5.88 Å². The SMILES string of the molecule is Fc1cc(-c2ccc3nnc(C(F)(F)OCI)n3c2)cnc1OCC(F)(F)F. The van der Waals surface area contributed by atoms with Crippen molar-refractivity contribution in [1.82, 2.24) is 19.6 Å². The summed E-state index contributed by atoms with van der Waals surface area (Å²) in [6.45, 7) is -1.70. The molecule has 6 nitrogen and oxygen atoms in total. The van der Waals surface area contributed by atoms with Crippen LogP contribution in [0.5, 0.6) is 5.88 Å². The third-order valence-corrected chi connectivity index (χ3v) is 3.72. The maximum atomic E-state index is 14.0. The van der Waals surface area contributed by atoms with E-state index in [-0.39, 0.29) is 21.4 Å². The molecule has 0 aliphatic heterocycles. The average Bonchev–Trinajstić information content (AvgIpc) is 3.04. The monoisotopic (exact) mass is 518 g/mol. The minimum atomic E-state index is -4.64. The van der Waals surface area contributed by atoms with E-state index in [0.29, 0.717) is 0 Å². The molecule has 0 radical (unpaired) electrons. The molecule has 0 spiro atoms. The molecule has 0 saturated heterocycles. The van der Waals surface area contributed by atoms with Crippen LogP contribution in [0.25, 0.3) is 16.8 Å². The molecule has 0 amide bonds. The van der Waals surface area contributed by atoms with E-state index in [9.17, 15) is 26.3 Å². The molecule has 0 aromatic carbocycles. The van der Waals surface area contributed by atoms with Gasteiger partial charge < -0.3 is 9.47 Å². The molecule has 3 heterocycles. The van der Waals surface area contributed by atoms with Gasteiger partial charge in [-0.25, -0.2) is 9.37 Å². The number of aromatic nitrogens is 4. The first-order valence-electron chi connectivity index (χ1n) is 7.39. The van der Waals surface area contributed by atoms with Gasteiger partial charge in [0.2, 0.25) is 5.82 Å². The summed E-state index contributed by atoms with van der Waals surface area (Å²) < 4.78 is 87.9. The first-order valence-corrected chi connectivity index (χ1v) is 8.92. The Kier molecular flexibility index (Phi) is 5.65. The Morgan fingerprint density at radius 3 is 2.46 bits per heavy atom. The zero-order valence-corrected chi connectivity index (χ0v) is 15.7. The molecule has 0 aliphatic carbocycles. The number of hydrogen-bond donors (Lipinski definition) is 0. The van der Waals surface area contributed by atoms with E-state index in [0.717, 1.165) is 16.7 Å². The number of hydrogen-bond acceptors (Lipinski definition) is 5. The second kappa shape index (κ2) is 7.69. The summed E-state index contributed by atoms with van der Waals surface area (Å²) in [4.78, 5) is 3.51. The van der Waals surface area contributed by atoms with Gasteiger partial charge in [-0.2, -0.15) is 22.0 Å². The number of alkyl halides is 6. The fourth-order valence-electron chi connectivity index (χ4n) is 2.23. The summed E-state index contributed by atoms with van der Waals surface area (Å²) in [5.74, 6) is -2.74. The number of nitrogens with zero attached hydrogens (tertiary/aromatic N) is 4. The van der Waals surface area contributed by atoms with Crippen molar-refractivity contribution in [3.05, 3.63) is 42.2 Å². The highest BCUT2D eigenvalue weighted by molar-refractivity contribution is 14.1. The van der Waals surface area contributed by atoms with Crippen LogP contribution in [0, 0.1) is 5.82 Å². The van der Waals surface area contributed by atoms with E-state index >= 15 is 0 Å². The van der Waals surface area contributed by atoms with Crippen molar-refractivity contribution in [2.24, 2.45) is 0 Å². The van der Waals surface area contributed by atoms with Gasteiger partial charge in [0.15, 0.2) is 18.1 Å². The standard InChI is InChI=1S/C15H9F6IN4O2/c16-10-3-9(4-23-12(10)27-6-14(17,18)19)8-1-2-11-24-25-13(26(11)5-8)15(20,21)28-7-22/h1-5H,6-7H2. The van der Waals surface area contributed by atoms with Crippen LogP contribution in [0.4, 0.5) is 26.3 Å². The minimum absolute atomic E-state index is 0.0917. The van der Waals surface area contributed by atoms with Crippen LogP contribution in [-0.2, 0) is 10.8 Å². The topological polar surface area (TPSA) is 61.5 Å². The van der Waals surface area contributed by atoms with Gasteiger partial charge in [0.1, 0.15) is 4.61 Å². The normalized spacial score (nSPS) is 12.5. The molecule has 3 aromatic rings. The number of ether oxygens (including phenoxy) is 2. The highest BCUT2D eigenvalue weighted by Crippen LogP contribution is 2.30. The quantitative estimate of drug-likeness (QED) is 0.277. The lowest BCUT2D eigenvalue weighted by atomic mass is 10.1. The summed E-state index contributed by atoms with van der Waals surface area (Å²) in [6, 6.07) is 3.68. The van der Waals surface area contributed by atoms with Crippen LogP contribution < -0.4 is 4.74 Å². The molecule has 0 N–H and O–H groups in total. The largest absolute Gasteiger partial charge is 0.466 e. The number of rotatable bonds is 6. The Labute approximate surface area is 166 Å². The summed E-state index contributed by atoms with van der Waals surface area (Å²) in [5.41, 5.74) is 0.457. The van der Waals surface area contributed by atoms with Crippen molar-refractivity contribution < 1.29 is 35.8 Å². The molecular formula is C15H9F6IN4O2. The van der Waals surface area contributed by atoms with Crippen LogP contribution in [0.15, 0.2) is 30.6 Å². The fraction of sp³-hybridized carbons (Fsp3) is 0.267. The number of pyridine rings is 2. The van der Waals surface area contributed by atoms with Crippen LogP contribution in [0.1, 0.15) is 5.82 Å². The second-order valence-corrected chi connectivity index (χ2v) is 5.98. The first-order chi connectivity index (χ1) is 13.1. The van der Waals surface area contributed by atoms with Gasteiger partial charge in [-0.05, 0) is 18.2 Å². The van der Waals surface area contributed by atoms with Crippen molar-refractivity contribution in [1.29, 1.82) is 0 Å². The molecule has 0 aliphatic rings. The first kappa shape index (κ1) is 20.6. The van der Waals surface area contributed by atoms with Gasteiger partial charge in [-0.1, -0.05) is 22.6 Å². The fourth-order valence-corrected chi connectivity index (χ4v) is 2.62. The van der Waals surface area contributed by atoms with E-state index in [1.165, 1.54) is 18.3 Å². The van der Waals surface area contributed by atoms with Gasteiger partial charge in [-0.3, -0.25) is 4.40 Å². The maximum Gasteiger partial charge on any atom is 0.422 e. The predicted octanol–water partition coefficient (Wildman–Crippen LogP) is 4.33. The third kappa shape index (κ3) is 4.45. The molecule has 0 unspecified atom stereocenters. The van der Waals surface area contributed by atoms with Gasteiger partial charge >= 0.3 is 12.3 Å². The highest BCUT2D eigenvalue weighted by atomic mass is 127. The molecule has 0 saturated carbocycles. The summed E-state index contributed by atoms with van der Waals surface area (Å²) in [6.07, 6.45) is -6.09. The molecular weight excluding hydrogens is 509 g/mol. The van der Waals surface area contributed by atoms with Crippen molar-refractivity contribution in [3.8, 4) is 17.0 Å². The van der Waals surface area contributed by atoms with E-state index in [2.05, 4.69) is 24.7 Å². The van der Waals surface area contributed by atoms with Crippen molar-refractivity contribution in [2.45, 2.75) is 12.3 Å². The minimum Gasteiger partial charge on any atom is -0.466 e. The maximum absolute atomic E-state index is 14.0. The molecule has 0 bridgehead atoms. The lowest BCUT2D eigenvalue weighted by Gasteiger charge is -2.13. The Hall–Kier alpha value is -2.16. The van der Waals surface area contributed by atoms with Gasteiger partial charge in [0.05, 0.1) is 0 Å².